The Balaban J connectivity index is 2.23. The minimum absolute atomic E-state index is 0.238. The topological polar surface area (TPSA) is 49.9 Å². The maximum atomic E-state index is 12.2. The normalized spacial score (nSPS) is 17.4. The summed E-state index contributed by atoms with van der Waals surface area (Å²) >= 11 is 0.963. The monoisotopic (exact) mass is 292 g/mol. The van der Waals surface area contributed by atoms with Crippen LogP contribution in [0, 0.1) is 0 Å². The van der Waals surface area contributed by atoms with E-state index >= 15 is 0 Å². The van der Waals surface area contributed by atoms with Gasteiger partial charge in [0.05, 0.1) is 18.7 Å². The molecule has 2 rings (SSSR count). The molecule has 5 nitrogen and oxygen atoms in total. The predicted molar refractivity (Wildman–Crippen MR) is 79.4 cm³/mol. The summed E-state index contributed by atoms with van der Waals surface area (Å²) in [6.07, 6.45) is 1.71. The van der Waals surface area contributed by atoms with Crippen LogP contribution in [0.1, 0.15) is 5.56 Å². The SMILES string of the molecule is COc1cccc(/C=C2/SC(=O)N(CN(C)C)C2=O)c1. The molecule has 1 aliphatic heterocycles. The lowest BCUT2D eigenvalue weighted by molar-refractivity contribution is -0.123. The van der Waals surface area contributed by atoms with Gasteiger partial charge in [0.1, 0.15) is 5.75 Å². The number of imide groups is 1. The van der Waals surface area contributed by atoms with Crippen LogP contribution in [-0.4, -0.2) is 48.8 Å². The molecule has 106 valence electrons. The number of hydrogen-bond acceptors (Lipinski definition) is 5. The van der Waals surface area contributed by atoms with E-state index in [9.17, 15) is 9.59 Å². The van der Waals surface area contributed by atoms with Crippen LogP contribution in [0.25, 0.3) is 6.08 Å². The second-order valence-corrected chi connectivity index (χ2v) is 5.60. The fourth-order valence-corrected chi connectivity index (χ4v) is 2.62. The molecule has 1 aromatic carbocycles. The van der Waals surface area contributed by atoms with E-state index in [0.29, 0.717) is 17.3 Å². The molecule has 0 saturated carbocycles. The van der Waals surface area contributed by atoms with Crippen molar-refractivity contribution in [2.24, 2.45) is 0 Å². The molecule has 0 bridgehead atoms. The summed E-state index contributed by atoms with van der Waals surface area (Å²) < 4.78 is 5.14. The van der Waals surface area contributed by atoms with Crippen LogP contribution in [0.3, 0.4) is 0 Å². The number of amides is 2. The third kappa shape index (κ3) is 3.20. The van der Waals surface area contributed by atoms with Crippen molar-refractivity contribution in [3.8, 4) is 5.75 Å². The van der Waals surface area contributed by atoms with Gasteiger partial charge in [-0.2, -0.15) is 0 Å². The van der Waals surface area contributed by atoms with Crippen LogP contribution >= 0.6 is 11.8 Å². The van der Waals surface area contributed by atoms with Gasteiger partial charge >= 0.3 is 0 Å². The molecule has 2 amide bonds. The third-order valence-electron chi connectivity index (χ3n) is 2.69. The van der Waals surface area contributed by atoms with E-state index in [4.69, 9.17) is 4.74 Å². The Labute approximate surface area is 122 Å². The van der Waals surface area contributed by atoms with Gasteiger partial charge in [-0.3, -0.25) is 19.4 Å². The van der Waals surface area contributed by atoms with Crippen LogP contribution in [0.15, 0.2) is 29.2 Å². The quantitative estimate of drug-likeness (QED) is 0.797. The zero-order chi connectivity index (χ0) is 14.7. The Kier molecular flexibility index (Phi) is 4.46. The van der Waals surface area contributed by atoms with Gasteiger partial charge < -0.3 is 4.74 Å². The van der Waals surface area contributed by atoms with Crippen molar-refractivity contribution in [3.63, 3.8) is 0 Å². The molecule has 1 saturated heterocycles. The molecule has 0 aromatic heterocycles. The standard InChI is InChI=1S/C14H16N2O3S/c1-15(2)9-16-13(17)12(20-14(16)18)8-10-5-4-6-11(7-10)19-3/h4-8H,9H2,1-3H3/b12-8+. The molecule has 0 aliphatic carbocycles. The van der Waals surface area contributed by atoms with E-state index in [0.717, 1.165) is 17.3 Å². The smallest absolute Gasteiger partial charge is 0.294 e. The van der Waals surface area contributed by atoms with Crippen LogP contribution < -0.4 is 4.74 Å². The van der Waals surface area contributed by atoms with Gasteiger partial charge in [-0.25, -0.2) is 0 Å². The Bertz CT molecular complexity index is 569. The number of carbonyl (C=O) groups is 2. The molecule has 0 radical (unpaired) electrons. The fourth-order valence-electron chi connectivity index (χ4n) is 1.79. The lowest BCUT2D eigenvalue weighted by atomic mass is 10.2. The lowest BCUT2D eigenvalue weighted by Crippen LogP contribution is -2.36. The molecule has 0 unspecified atom stereocenters. The van der Waals surface area contributed by atoms with Crippen molar-refractivity contribution in [3.05, 3.63) is 34.7 Å². The summed E-state index contributed by atoms with van der Waals surface area (Å²) in [4.78, 5) is 27.4. The maximum absolute atomic E-state index is 12.2. The molecule has 0 N–H and O–H groups in total. The first-order valence-electron chi connectivity index (χ1n) is 6.05. The van der Waals surface area contributed by atoms with Crippen LogP contribution in [0.2, 0.25) is 0 Å². The number of ether oxygens (including phenoxy) is 1. The van der Waals surface area contributed by atoms with Crippen molar-refractivity contribution < 1.29 is 14.3 Å². The first kappa shape index (κ1) is 14.6. The summed E-state index contributed by atoms with van der Waals surface area (Å²) in [6.45, 7) is 0.292. The molecule has 1 fully saturated rings. The number of methoxy groups -OCH3 is 1. The largest absolute Gasteiger partial charge is 0.497 e. The first-order valence-corrected chi connectivity index (χ1v) is 6.87. The van der Waals surface area contributed by atoms with Crippen LogP contribution in [0.5, 0.6) is 5.75 Å². The lowest BCUT2D eigenvalue weighted by Gasteiger charge is -2.17. The van der Waals surface area contributed by atoms with Crippen molar-refractivity contribution in [1.29, 1.82) is 0 Å². The molecule has 20 heavy (non-hydrogen) atoms. The predicted octanol–water partition coefficient (Wildman–Crippen LogP) is 2.25. The van der Waals surface area contributed by atoms with Gasteiger partial charge in [0.25, 0.3) is 11.1 Å². The second-order valence-electron chi connectivity index (χ2n) is 4.61. The van der Waals surface area contributed by atoms with Gasteiger partial charge in [0, 0.05) is 0 Å². The average Bonchev–Trinajstić information content (AvgIpc) is 2.66. The first-order chi connectivity index (χ1) is 9.51. The van der Waals surface area contributed by atoms with E-state index in [1.54, 1.807) is 18.1 Å². The molecule has 1 aliphatic rings. The van der Waals surface area contributed by atoms with Gasteiger partial charge in [-0.05, 0) is 49.6 Å². The van der Waals surface area contributed by atoms with Crippen LogP contribution in [0.4, 0.5) is 4.79 Å². The van der Waals surface area contributed by atoms with E-state index in [1.165, 1.54) is 4.90 Å². The Morgan fingerprint density at radius 3 is 2.75 bits per heavy atom. The van der Waals surface area contributed by atoms with Crippen molar-refractivity contribution in [1.82, 2.24) is 9.80 Å². The zero-order valence-corrected chi connectivity index (χ0v) is 12.4. The molecular formula is C14H16N2O3S. The minimum atomic E-state index is -0.253. The number of benzene rings is 1. The Hall–Kier alpha value is -1.79. The number of carbonyl (C=O) groups excluding carboxylic acids is 2. The summed E-state index contributed by atoms with van der Waals surface area (Å²) in [5, 5.41) is -0.238. The van der Waals surface area contributed by atoms with Gasteiger partial charge in [-0.1, -0.05) is 12.1 Å². The zero-order valence-electron chi connectivity index (χ0n) is 11.6. The van der Waals surface area contributed by atoms with Gasteiger partial charge in [0.15, 0.2) is 0 Å². The fraction of sp³-hybridized carbons (Fsp3) is 0.286. The Morgan fingerprint density at radius 2 is 2.10 bits per heavy atom. The molecule has 6 heteroatoms. The van der Waals surface area contributed by atoms with E-state index in [2.05, 4.69) is 0 Å². The highest BCUT2D eigenvalue weighted by molar-refractivity contribution is 8.18. The molecule has 1 aromatic rings. The number of thioether (sulfide) groups is 1. The van der Waals surface area contributed by atoms with Crippen molar-refractivity contribution in [2.75, 3.05) is 27.9 Å². The highest BCUT2D eigenvalue weighted by atomic mass is 32.2. The Morgan fingerprint density at radius 1 is 1.35 bits per heavy atom. The summed E-state index contributed by atoms with van der Waals surface area (Å²) in [7, 11) is 5.22. The second kappa shape index (κ2) is 6.11. The number of hydrogen-bond donors (Lipinski definition) is 0. The minimum Gasteiger partial charge on any atom is -0.497 e. The van der Waals surface area contributed by atoms with Gasteiger partial charge in [-0.15, -0.1) is 0 Å². The number of rotatable bonds is 4. The van der Waals surface area contributed by atoms with Crippen LogP contribution in [-0.2, 0) is 4.79 Å². The summed E-state index contributed by atoms with van der Waals surface area (Å²) in [5.74, 6) is 0.461. The highest BCUT2D eigenvalue weighted by Gasteiger charge is 2.35. The highest BCUT2D eigenvalue weighted by Crippen LogP contribution is 2.32. The van der Waals surface area contributed by atoms with Gasteiger partial charge in [0.2, 0.25) is 0 Å². The van der Waals surface area contributed by atoms with E-state index < -0.39 is 0 Å². The average molecular weight is 292 g/mol. The third-order valence-corrected chi connectivity index (χ3v) is 3.60. The van der Waals surface area contributed by atoms with Crippen molar-refractivity contribution in [2.45, 2.75) is 0 Å². The summed E-state index contributed by atoms with van der Waals surface area (Å²) in [6, 6.07) is 7.35. The number of nitrogens with zero attached hydrogens (tertiary/aromatic N) is 2. The van der Waals surface area contributed by atoms with E-state index in [-0.39, 0.29) is 11.1 Å². The summed E-state index contributed by atoms with van der Waals surface area (Å²) in [5.41, 5.74) is 0.833. The van der Waals surface area contributed by atoms with Crippen molar-refractivity contribution >= 4 is 29.0 Å². The molecular weight excluding hydrogens is 276 g/mol. The maximum Gasteiger partial charge on any atom is 0.294 e. The molecule has 0 spiro atoms. The molecule has 0 atom stereocenters. The van der Waals surface area contributed by atoms with E-state index in [1.807, 2.05) is 38.4 Å². The molecule has 1 heterocycles.